The van der Waals surface area contributed by atoms with Crippen molar-refractivity contribution in [3.05, 3.63) is 73.5 Å². The SMILES string of the molecule is [CH2][C@@H](Cc1nc(-c2ccccc2)c(-c2ccccc2)o1)C(C)=N. The van der Waals surface area contributed by atoms with Crippen molar-refractivity contribution in [2.24, 2.45) is 5.92 Å². The summed E-state index contributed by atoms with van der Waals surface area (Å²) < 4.78 is 6.03. The Labute approximate surface area is 136 Å². The second kappa shape index (κ2) is 6.61. The van der Waals surface area contributed by atoms with Crippen molar-refractivity contribution in [1.82, 2.24) is 4.98 Å². The van der Waals surface area contributed by atoms with Crippen LogP contribution in [0.3, 0.4) is 0 Å². The highest BCUT2D eigenvalue weighted by Crippen LogP contribution is 2.33. The van der Waals surface area contributed by atoms with E-state index in [9.17, 15) is 0 Å². The Hall–Kier alpha value is -2.68. The van der Waals surface area contributed by atoms with E-state index in [1.165, 1.54) is 0 Å². The van der Waals surface area contributed by atoms with Gasteiger partial charge >= 0.3 is 0 Å². The molecule has 0 amide bonds. The molecule has 0 aliphatic heterocycles. The van der Waals surface area contributed by atoms with E-state index >= 15 is 0 Å². The summed E-state index contributed by atoms with van der Waals surface area (Å²) in [4.78, 5) is 4.68. The molecule has 2 aromatic carbocycles. The fraction of sp³-hybridized carbons (Fsp3) is 0.150. The lowest BCUT2D eigenvalue weighted by Crippen LogP contribution is -2.09. The molecule has 3 nitrogen and oxygen atoms in total. The van der Waals surface area contributed by atoms with Gasteiger partial charge in [-0.25, -0.2) is 4.98 Å². The third-order valence-electron chi connectivity index (χ3n) is 3.79. The van der Waals surface area contributed by atoms with Crippen molar-refractivity contribution in [3.8, 4) is 22.6 Å². The zero-order valence-corrected chi connectivity index (χ0v) is 13.1. The van der Waals surface area contributed by atoms with Gasteiger partial charge in [0.05, 0.1) is 0 Å². The lowest BCUT2D eigenvalue weighted by atomic mass is 10.0. The molecule has 0 aliphatic rings. The highest BCUT2D eigenvalue weighted by molar-refractivity contribution is 5.82. The first-order valence-corrected chi connectivity index (χ1v) is 7.64. The summed E-state index contributed by atoms with van der Waals surface area (Å²) in [6.07, 6.45) is 0.530. The number of benzene rings is 2. The molecule has 1 aromatic heterocycles. The van der Waals surface area contributed by atoms with E-state index < -0.39 is 0 Å². The highest BCUT2D eigenvalue weighted by Gasteiger charge is 2.18. The highest BCUT2D eigenvalue weighted by atomic mass is 16.4. The van der Waals surface area contributed by atoms with E-state index in [4.69, 9.17) is 9.83 Å². The molecule has 0 bridgehead atoms. The van der Waals surface area contributed by atoms with Gasteiger partial charge in [-0.2, -0.15) is 0 Å². The molecule has 0 saturated heterocycles. The van der Waals surface area contributed by atoms with Gasteiger partial charge in [-0.05, 0) is 13.8 Å². The van der Waals surface area contributed by atoms with E-state index in [-0.39, 0.29) is 5.92 Å². The van der Waals surface area contributed by atoms with Crippen LogP contribution in [0.15, 0.2) is 65.1 Å². The predicted octanol–water partition coefficient (Wildman–Crippen LogP) is 5.04. The van der Waals surface area contributed by atoms with E-state index in [1.807, 2.05) is 60.7 Å². The van der Waals surface area contributed by atoms with Gasteiger partial charge in [0.2, 0.25) is 0 Å². The van der Waals surface area contributed by atoms with Crippen molar-refractivity contribution < 1.29 is 4.42 Å². The third kappa shape index (κ3) is 3.39. The summed E-state index contributed by atoms with van der Waals surface area (Å²) in [5.74, 6) is 1.26. The summed E-state index contributed by atoms with van der Waals surface area (Å²) >= 11 is 0. The minimum Gasteiger partial charge on any atom is -0.440 e. The first kappa shape index (κ1) is 15.2. The van der Waals surface area contributed by atoms with Gasteiger partial charge in [0, 0.05) is 29.2 Å². The molecule has 1 heterocycles. The molecule has 115 valence electrons. The normalized spacial score (nSPS) is 12.1. The van der Waals surface area contributed by atoms with Gasteiger partial charge in [0.25, 0.3) is 0 Å². The van der Waals surface area contributed by atoms with Crippen molar-refractivity contribution in [2.75, 3.05) is 0 Å². The summed E-state index contributed by atoms with van der Waals surface area (Å²) in [6, 6.07) is 20.0. The van der Waals surface area contributed by atoms with E-state index in [1.54, 1.807) is 6.92 Å². The predicted molar refractivity (Wildman–Crippen MR) is 93.3 cm³/mol. The minimum absolute atomic E-state index is 0.124. The number of aromatic nitrogens is 1. The van der Waals surface area contributed by atoms with Crippen molar-refractivity contribution in [2.45, 2.75) is 13.3 Å². The fourth-order valence-corrected chi connectivity index (χ4v) is 2.39. The lowest BCUT2D eigenvalue weighted by molar-refractivity contribution is 0.494. The van der Waals surface area contributed by atoms with Crippen molar-refractivity contribution >= 4 is 5.71 Å². The monoisotopic (exact) mass is 303 g/mol. The quantitative estimate of drug-likeness (QED) is 0.671. The first-order chi connectivity index (χ1) is 11.1. The standard InChI is InChI=1S/C20H19N2O/c1-14(15(2)21)13-18-22-19(16-9-5-3-6-10-16)20(23-18)17-11-7-4-8-12-17/h3-12,14,21H,1,13H2,2H3/t14-/m0/s1. The maximum absolute atomic E-state index is 7.71. The van der Waals surface area contributed by atoms with Crippen LogP contribution in [0.1, 0.15) is 12.8 Å². The van der Waals surface area contributed by atoms with Crippen LogP contribution in [0.4, 0.5) is 0 Å². The van der Waals surface area contributed by atoms with Crippen LogP contribution in [0.2, 0.25) is 0 Å². The molecule has 0 saturated carbocycles. The summed E-state index contributed by atoms with van der Waals surface area (Å²) in [7, 11) is 0. The Kier molecular flexibility index (Phi) is 4.38. The van der Waals surface area contributed by atoms with Crippen LogP contribution in [0.5, 0.6) is 0 Å². The molecule has 3 heteroatoms. The van der Waals surface area contributed by atoms with Gasteiger partial charge in [-0.1, -0.05) is 60.7 Å². The Morgan fingerprint density at radius 1 is 1.04 bits per heavy atom. The summed E-state index contributed by atoms with van der Waals surface area (Å²) in [5.41, 5.74) is 3.39. The van der Waals surface area contributed by atoms with Gasteiger partial charge in [0.15, 0.2) is 11.7 Å². The van der Waals surface area contributed by atoms with Crippen LogP contribution in [0, 0.1) is 18.3 Å². The molecular formula is C20H19N2O. The van der Waals surface area contributed by atoms with Crippen LogP contribution in [-0.2, 0) is 6.42 Å². The topological polar surface area (TPSA) is 49.9 Å². The largest absolute Gasteiger partial charge is 0.440 e. The Morgan fingerprint density at radius 3 is 2.17 bits per heavy atom. The average molecular weight is 303 g/mol. The van der Waals surface area contributed by atoms with Gasteiger partial charge in [-0.15, -0.1) is 0 Å². The molecule has 0 fully saturated rings. The fourth-order valence-electron chi connectivity index (χ4n) is 2.39. The number of rotatable bonds is 5. The van der Waals surface area contributed by atoms with Crippen molar-refractivity contribution in [1.29, 1.82) is 5.41 Å². The van der Waals surface area contributed by atoms with Crippen LogP contribution < -0.4 is 0 Å². The number of oxazole rings is 1. The lowest BCUT2D eigenvalue weighted by Gasteiger charge is -2.05. The Balaban J connectivity index is 2.06. The molecule has 3 rings (SSSR count). The first-order valence-electron chi connectivity index (χ1n) is 7.64. The van der Waals surface area contributed by atoms with E-state index in [2.05, 4.69) is 11.9 Å². The zero-order chi connectivity index (χ0) is 16.2. The molecule has 1 radical (unpaired) electrons. The average Bonchev–Trinajstić information content (AvgIpc) is 3.00. The zero-order valence-electron chi connectivity index (χ0n) is 13.1. The Morgan fingerprint density at radius 2 is 1.61 bits per heavy atom. The number of hydrogen-bond acceptors (Lipinski definition) is 3. The second-order valence-corrected chi connectivity index (χ2v) is 5.60. The summed E-state index contributed by atoms with van der Waals surface area (Å²) in [5, 5.41) is 7.71. The molecule has 1 atom stereocenters. The van der Waals surface area contributed by atoms with Crippen LogP contribution in [0.25, 0.3) is 22.6 Å². The van der Waals surface area contributed by atoms with Crippen molar-refractivity contribution in [3.63, 3.8) is 0 Å². The van der Waals surface area contributed by atoms with E-state index in [0.29, 0.717) is 18.0 Å². The van der Waals surface area contributed by atoms with Gasteiger partial charge in [-0.3, -0.25) is 0 Å². The Bertz CT molecular complexity index is 734. The van der Waals surface area contributed by atoms with E-state index in [0.717, 1.165) is 22.6 Å². The maximum atomic E-state index is 7.71. The molecule has 0 spiro atoms. The van der Waals surface area contributed by atoms with Crippen LogP contribution >= 0.6 is 0 Å². The number of hydrogen-bond donors (Lipinski definition) is 1. The smallest absolute Gasteiger partial charge is 0.196 e. The molecule has 0 unspecified atom stereocenters. The van der Waals surface area contributed by atoms with Crippen LogP contribution in [-0.4, -0.2) is 10.7 Å². The maximum Gasteiger partial charge on any atom is 0.196 e. The molecule has 0 aliphatic carbocycles. The number of nitrogens with zero attached hydrogens (tertiary/aromatic N) is 1. The molecule has 1 N–H and O–H groups in total. The minimum atomic E-state index is -0.124. The number of nitrogens with one attached hydrogen (secondary N) is 1. The molecule has 23 heavy (non-hydrogen) atoms. The summed E-state index contributed by atoms with van der Waals surface area (Å²) in [6.45, 7) is 5.75. The third-order valence-corrected chi connectivity index (χ3v) is 3.79. The molecule has 3 aromatic rings. The van der Waals surface area contributed by atoms with Gasteiger partial charge in [0.1, 0.15) is 5.69 Å². The van der Waals surface area contributed by atoms with Gasteiger partial charge < -0.3 is 9.83 Å². The second-order valence-electron chi connectivity index (χ2n) is 5.60. The molecular weight excluding hydrogens is 284 g/mol.